The van der Waals surface area contributed by atoms with Crippen LogP contribution in [0.3, 0.4) is 0 Å². The SMILES string of the molecule is CCn1ncc(C(=O)N2CC(F)(F)C[C@H]2COc2ccc3c(c2)CCC3)c1C. The number of aryl methyl sites for hydroxylation is 3. The number of halogens is 2. The second-order valence-corrected chi connectivity index (χ2v) is 7.70. The Morgan fingerprint density at radius 3 is 2.86 bits per heavy atom. The molecule has 5 nitrogen and oxygen atoms in total. The summed E-state index contributed by atoms with van der Waals surface area (Å²) in [6.07, 6.45) is 4.33. The van der Waals surface area contributed by atoms with Crippen molar-refractivity contribution in [2.75, 3.05) is 13.2 Å². The number of fused-ring (bicyclic) bond motifs is 1. The number of ether oxygens (including phenoxy) is 1. The van der Waals surface area contributed by atoms with Gasteiger partial charge in [0, 0.05) is 18.7 Å². The molecule has 2 heterocycles. The maximum absolute atomic E-state index is 14.1. The lowest BCUT2D eigenvalue weighted by atomic mass is 10.1. The molecule has 28 heavy (non-hydrogen) atoms. The molecule has 1 aromatic carbocycles. The van der Waals surface area contributed by atoms with E-state index >= 15 is 0 Å². The number of benzene rings is 1. The normalized spacial score (nSPS) is 20.4. The van der Waals surface area contributed by atoms with Crippen LogP contribution in [-0.4, -0.2) is 45.7 Å². The van der Waals surface area contributed by atoms with Crippen molar-refractivity contribution in [2.24, 2.45) is 0 Å². The van der Waals surface area contributed by atoms with Gasteiger partial charge in [0.1, 0.15) is 12.4 Å². The molecule has 0 bridgehead atoms. The molecule has 2 aromatic rings. The molecule has 1 aromatic heterocycles. The molecule has 0 radical (unpaired) electrons. The minimum atomic E-state index is -2.91. The van der Waals surface area contributed by atoms with Gasteiger partial charge in [-0.25, -0.2) is 8.78 Å². The van der Waals surface area contributed by atoms with Gasteiger partial charge in [-0.2, -0.15) is 5.10 Å². The molecule has 0 spiro atoms. The van der Waals surface area contributed by atoms with Gasteiger partial charge in [-0.15, -0.1) is 0 Å². The van der Waals surface area contributed by atoms with Gasteiger partial charge in [0.2, 0.25) is 0 Å². The highest BCUT2D eigenvalue weighted by atomic mass is 19.3. The van der Waals surface area contributed by atoms with Crippen LogP contribution < -0.4 is 4.74 Å². The number of amides is 1. The van der Waals surface area contributed by atoms with E-state index in [1.807, 2.05) is 25.1 Å². The molecule has 1 atom stereocenters. The minimum absolute atomic E-state index is 0.0566. The standard InChI is InChI=1S/C21H25F2N3O2/c1-3-26-14(2)19(11-24-26)20(27)25-13-21(22,23)10-17(25)12-28-18-8-7-15-5-4-6-16(15)9-18/h7-9,11,17H,3-6,10,12-13H2,1-2H3/t17-/m0/s1. The van der Waals surface area contributed by atoms with Crippen molar-refractivity contribution in [3.8, 4) is 5.75 Å². The molecule has 150 valence electrons. The van der Waals surface area contributed by atoms with Crippen molar-refractivity contribution in [3.63, 3.8) is 0 Å². The molecule has 1 saturated heterocycles. The van der Waals surface area contributed by atoms with Crippen LogP contribution in [0.15, 0.2) is 24.4 Å². The minimum Gasteiger partial charge on any atom is -0.491 e. The third kappa shape index (κ3) is 3.50. The first-order valence-corrected chi connectivity index (χ1v) is 9.84. The van der Waals surface area contributed by atoms with Crippen molar-refractivity contribution in [3.05, 3.63) is 46.8 Å². The largest absolute Gasteiger partial charge is 0.491 e. The van der Waals surface area contributed by atoms with Crippen LogP contribution in [-0.2, 0) is 19.4 Å². The van der Waals surface area contributed by atoms with E-state index in [1.54, 1.807) is 11.6 Å². The van der Waals surface area contributed by atoms with Crippen molar-refractivity contribution < 1.29 is 18.3 Å². The second-order valence-electron chi connectivity index (χ2n) is 7.70. The molecule has 1 aliphatic heterocycles. The number of nitrogens with zero attached hydrogens (tertiary/aromatic N) is 3. The van der Waals surface area contributed by atoms with E-state index in [0.29, 0.717) is 23.6 Å². The number of likely N-dealkylation sites (tertiary alicyclic amines) is 1. The highest BCUT2D eigenvalue weighted by Crippen LogP contribution is 2.34. The van der Waals surface area contributed by atoms with Gasteiger partial charge in [0.15, 0.2) is 0 Å². The zero-order valence-corrected chi connectivity index (χ0v) is 16.3. The van der Waals surface area contributed by atoms with Crippen molar-refractivity contribution in [1.82, 2.24) is 14.7 Å². The van der Waals surface area contributed by atoms with E-state index in [0.717, 1.165) is 19.3 Å². The van der Waals surface area contributed by atoms with Crippen LogP contribution in [0.25, 0.3) is 0 Å². The highest BCUT2D eigenvalue weighted by Gasteiger charge is 2.47. The summed E-state index contributed by atoms with van der Waals surface area (Å²) in [6.45, 7) is 3.81. The Kier molecular flexibility index (Phi) is 4.85. The Labute approximate surface area is 163 Å². The molecule has 1 amide bonds. The van der Waals surface area contributed by atoms with Crippen LogP contribution in [0.1, 0.15) is 46.9 Å². The Morgan fingerprint density at radius 1 is 1.32 bits per heavy atom. The lowest BCUT2D eigenvalue weighted by Crippen LogP contribution is -2.39. The Morgan fingerprint density at radius 2 is 2.11 bits per heavy atom. The van der Waals surface area contributed by atoms with E-state index < -0.39 is 24.4 Å². The van der Waals surface area contributed by atoms with E-state index in [4.69, 9.17) is 4.74 Å². The summed E-state index contributed by atoms with van der Waals surface area (Å²) in [6, 6.07) is 5.27. The maximum atomic E-state index is 14.1. The quantitative estimate of drug-likeness (QED) is 0.785. The summed E-state index contributed by atoms with van der Waals surface area (Å²) in [4.78, 5) is 14.2. The first-order valence-electron chi connectivity index (χ1n) is 9.84. The number of carbonyl (C=O) groups excluding carboxylic acids is 1. The lowest BCUT2D eigenvalue weighted by Gasteiger charge is -2.24. The maximum Gasteiger partial charge on any atom is 0.267 e. The van der Waals surface area contributed by atoms with E-state index in [-0.39, 0.29) is 13.0 Å². The zero-order valence-electron chi connectivity index (χ0n) is 16.3. The fourth-order valence-electron chi connectivity index (χ4n) is 4.24. The van der Waals surface area contributed by atoms with Crippen molar-refractivity contribution in [1.29, 1.82) is 0 Å². The van der Waals surface area contributed by atoms with Gasteiger partial charge in [-0.1, -0.05) is 6.07 Å². The number of aromatic nitrogens is 2. The fourth-order valence-corrected chi connectivity index (χ4v) is 4.24. The molecule has 0 N–H and O–H groups in total. The van der Waals surface area contributed by atoms with Gasteiger partial charge in [0.05, 0.1) is 24.3 Å². The number of alkyl halides is 2. The third-order valence-corrected chi connectivity index (χ3v) is 5.78. The smallest absolute Gasteiger partial charge is 0.267 e. The molecular weight excluding hydrogens is 364 g/mol. The number of carbonyl (C=O) groups is 1. The number of hydrogen-bond acceptors (Lipinski definition) is 3. The molecule has 4 rings (SSSR count). The van der Waals surface area contributed by atoms with Gasteiger partial charge >= 0.3 is 0 Å². The van der Waals surface area contributed by atoms with Crippen LogP contribution in [0.4, 0.5) is 8.78 Å². The van der Waals surface area contributed by atoms with Crippen molar-refractivity contribution >= 4 is 5.91 Å². The lowest BCUT2D eigenvalue weighted by molar-refractivity contribution is 0.0116. The predicted molar refractivity (Wildman–Crippen MR) is 101 cm³/mol. The molecule has 2 aliphatic rings. The Bertz CT molecular complexity index is 894. The predicted octanol–water partition coefficient (Wildman–Crippen LogP) is 3.63. The molecule has 0 unspecified atom stereocenters. The number of rotatable bonds is 5. The molecular formula is C21H25F2N3O2. The fraction of sp³-hybridized carbons (Fsp3) is 0.524. The average molecular weight is 389 g/mol. The van der Waals surface area contributed by atoms with E-state index in [1.165, 1.54) is 22.2 Å². The molecule has 0 saturated carbocycles. The summed E-state index contributed by atoms with van der Waals surface area (Å²) in [5.41, 5.74) is 3.67. The topological polar surface area (TPSA) is 47.4 Å². The van der Waals surface area contributed by atoms with Crippen LogP contribution >= 0.6 is 0 Å². The number of hydrogen-bond donors (Lipinski definition) is 0. The molecule has 1 aliphatic carbocycles. The van der Waals surface area contributed by atoms with Crippen LogP contribution in [0.2, 0.25) is 0 Å². The van der Waals surface area contributed by atoms with Gasteiger partial charge in [-0.05, 0) is 56.4 Å². The Balaban J connectivity index is 1.49. The van der Waals surface area contributed by atoms with E-state index in [2.05, 4.69) is 5.10 Å². The third-order valence-electron chi connectivity index (χ3n) is 5.78. The molecule has 1 fully saturated rings. The Hall–Kier alpha value is -2.44. The highest BCUT2D eigenvalue weighted by molar-refractivity contribution is 5.95. The van der Waals surface area contributed by atoms with Crippen LogP contribution in [0.5, 0.6) is 5.75 Å². The van der Waals surface area contributed by atoms with Crippen molar-refractivity contribution in [2.45, 2.75) is 58.0 Å². The van der Waals surface area contributed by atoms with Gasteiger partial charge in [0.25, 0.3) is 11.8 Å². The first-order chi connectivity index (χ1) is 13.4. The van der Waals surface area contributed by atoms with Gasteiger partial charge < -0.3 is 9.64 Å². The summed E-state index contributed by atoms with van der Waals surface area (Å²) in [5, 5.41) is 4.17. The zero-order chi connectivity index (χ0) is 19.9. The van der Waals surface area contributed by atoms with Crippen LogP contribution in [0, 0.1) is 6.92 Å². The summed E-state index contributed by atoms with van der Waals surface area (Å²) in [5.74, 6) is -2.63. The molecule has 7 heteroatoms. The first kappa shape index (κ1) is 18.9. The summed E-state index contributed by atoms with van der Waals surface area (Å²) >= 11 is 0. The van der Waals surface area contributed by atoms with Gasteiger partial charge in [-0.3, -0.25) is 9.48 Å². The summed E-state index contributed by atoms with van der Waals surface area (Å²) < 4.78 is 35.8. The average Bonchev–Trinajstić information content (AvgIpc) is 3.35. The summed E-state index contributed by atoms with van der Waals surface area (Å²) in [7, 11) is 0. The second kappa shape index (κ2) is 7.18. The van der Waals surface area contributed by atoms with E-state index in [9.17, 15) is 13.6 Å². The monoisotopic (exact) mass is 389 g/mol.